The highest BCUT2D eigenvalue weighted by atomic mass is 32.2. The standard InChI is InChI=1S/C19H23N3O3S2/c1-11-3-8-16-17(9-11)26-19(20-16)21-18(23)15-10-14(7-4-12(15)2)27(24,25)22-13-5-6-13/h4,7,10-11,13,22H,3,5-6,8-9H2,1-2H3,(H,20,21,23). The van der Waals surface area contributed by atoms with E-state index in [4.69, 9.17) is 0 Å². The van der Waals surface area contributed by atoms with E-state index in [2.05, 4.69) is 21.9 Å². The highest BCUT2D eigenvalue weighted by Crippen LogP contribution is 2.32. The van der Waals surface area contributed by atoms with Crippen LogP contribution in [0.15, 0.2) is 23.1 Å². The Kier molecular flexibility index (Phi) is 4.82. The Morgan fingerprint density at radius 3 is 2.78 bits per heavy atom. The third-order valence-corrected chi connectivity index (χ3v) is 7.62. The summed E-state index contributed by atoms with van der Waals surface area (Å²) in [5, 5.41) is 3.44. The molecule has 0 spiro atoms. The predicted molar refractivity (Wildman–Crippen MR) is 106 cm³/mol. The molecule has 0 saturated heterocycles. The summed E-state index contributed by atoms with van der Waals surface area (Å²) >= 11 is 1.52. The largest absolute Gasteiger partial charge is 0.298 e. The van der Waals surface area contributed by atoms with E-state index in [1.807, 2.05) is 0 Å². The van der Waals surface area contributed by atoms with E-state index in [-0.39, 0.29) is 16.8 Å². The van der Waals surface area contributed by atoms with Crippen molar-refractivity contribution in [3.8, 4) is 0 Å². The molecule has 2 aromatic rings. The second-order valence-corrected chi connectivity index (χ2v) is 10.4. The minimum absolute atomic E-state index is 0.0256. The Balaban J connectivity index is 1.55. The maximum atomic E-state index is 12.8. The monoisotopic (exact) mass is 405 g/mol. The molecule has 2 N–H and O–H groups in total. The van der Waals surface area contributed by atoms with E-state index >= 15 is 0 Å². The van der Waals surface area contributed by atoms with Gasteiger partial charge in [0, 0.05) is 16.5 Å². The molecule has 27 heavy (non-hydrogen) atoms. The zero-order valence-electron chi connectivity index (χ0n) is 15.4. The topological polar surface area (TPSA) is 88.2 Å². The van der Waals surface area contributed by atoms with E-state index in [1.54, 1.807) is 19.1 Å². The number of rotatable bonds is 5. The second-order valence-electron chi connectivity index (χ2n) is 7.56. The van der Waals surface area contributed by atoms with Crippen LogP contribution in [0.2, 0.25) is 0 Å². The minimum atomic E-state index is -3.59. The summed E-state index contributed by atoms with van der Waals surface area (Å²) in [4.78, 5) is 18.7. The third kappa shape index (κ3) is 4.07. The van der Waals surface area contributed by atoms with E-state index in [9.17, 15) is 13.2 Å². The molecule has 2 aliphatic rings. The number of hydrogen-bond donors (Lipinski definition) is 2. The number of nitrogens with one attached hydrogen (secondary N) is 2. The van der Waals surface area contributed by atoms with Gasteiger partial charge in [0.05, 0.1) is 10.6 Å². The predicted octanol–water partition coefficient (Wildman–Crippen LogP) is 3.27. The number of aromatic nitrogens is 1. The van der Waals surface area contributed by atoms with Crippen LogP contribution < -0.4 is 10.0 Å². The van der Waals surface area contributed by atoms with Crippen LogP contribution in [0.3, 0.4) is 0 Å². The summed E-state index contributed by atoms with van der Waals surface area (Å²) in [7, 11) is -3.59. The summed E-state index contributed by atoms with van der Waals surface area (Å²) in [5.41, 5.74) is 2.16. The molecule has 6 nitrogen and oxygen atoms in total. The summed E-state index contributed by atoms with van der Waals surface area (Å²) in [5.74, 6) is 0.319. The fourth-order valence-corrected chi connectivity index (χ4v) is 5.76. The van der Waals surface area contributed by atoms with Crippen LogP contribution in [0.5, 0.6) is 0 Å². The van der Waals surface area contributed by atoms with Crippen LogP contribution in [0.4, 0.5) is 5.13 Å². The SMILES string of the molecule is Cc1ccc(S(=O)(=O)NC2CC2)cc1C(=O)Nc1nc2c(s1)CC(C)CC2. The van der Waals surface area contributed by atoms with Crippen LogP contribution in [-0.4, -0.2) is 25.4 Å². The van der Waals surface area contributed by atoms with Gasteiger partial charge in [-0.15, -0.1) is 11.3 Å². The van der Waals surface area contributed by atoms with E-state index in [0.29, 0.717) is 16.6 Å². The van der Waals surface area contributed by atoms with Crippen molar-refractivity contribution in [2.75, 3.05) is 5.32 Å². The molecule has 144 valence electrons. The third-order valence-electron chi connectivity index (χ3n) is 5.07. The second kappa shape index (κ2) is 7.00. The lowest BCUT2D eigenvalue weighted by Crippen LogP contribution is -2.26. The summed E-state index contributed by atoms with van der Waals surface area (Å²) in [6, 6.07) is 4.69. The molecule has 0 bridgehead atoms. The summed E-state index contributed by atoms with van der Waals surface area (Å²) in [6.45, 7) is 4.03. The highest BCUT2D eigenvalue weighted by Gasteiger charge is 2.28. The first kappa shape index (κ1) is 18.6. The molecule has 1 saturated carbocycles. The number of nitrogens with zero attached hydrogens (tertiary/aromatic N) is 1. The van der Waals surface area contributed by atoms with E-state index in [1.165, 1.54) is 22.3 Å². The van der Waals surface area contributed by atoms with Gasteiger partial charge in [-0.1, -0.05) is 13.0 Å². The lowest BCUT2D eigenvalue weighted by molar-refractivity contribution is 0.102. The molecule has 1 heterocycles. The van der Waals surface area contributed by atoms with Crippen molar-refractivity contribution < 1.29 is 13.2 Å². The van der Waals surface area contributed by atoms with Gasteiger partial charge in [-0.05, 0) is 62.6 Å². The summed E-state index contributed by atoms with van der Waals surface area (Å²) in [6.07, 6.45) is 4.81. The first-order chi connectivity index (χ1) is 12.8. The molecule has 1 unspecified atom stereocenters. The molecule has 8 heteroatoms. The molecule has 1 fully saturated rings. The number of anilines is 1. The molecule has 2 aliphatic carbocycles. The molecule has 4 rings (SSSR count). The number of fused-ring (bicyclic) bond motifs is 1. The number of sulfonamides is 1. The van der Waals surface area contributed by atoms with Gasteiger partial charge in [-0.25, -0.2) is 18.1 Å². The lowest BCUT2D eigenvalue weighted by atomic mass is 9.93. The molecular formula is C19H23N3O3S2. The maximum absolute atomic E-state index is 12.8. The Labute approximate surface area is 163 Å². The zero-order valence-corrected chi connectivity index (χ0v) is 17.0. The van der Waals surface area contributed by atoms with Crippen molar-refractivity contribution >= 4 is 32.4 Å². The van der Waals surface area contributed by atoms with Gasteiger partial charge < -0.3 is 0 Å². The fourth-order valence-electron chi connectivity index (χ4n) is 3.26. The van der Waals surface area contributed by atoms with E-state index < -0.39 is 10.0 Å². The average molecular weight is 406 g/mol. The van der Waals surface area contributed by atoms with E-state index in [0.717, 1.165) is 43.4 Å². The molecule has 0 radical (unpaired) electrons. The Hall–Kier alpha value is -1.77. The Morgan fingerprint density at radius 1 is 1.26 bits per heavy atom. The smallest absolute Gasteiger partial charge is 0.257 e. The number of thiazole rings is 1. The van der Waals surface area contributed by atoms with Crippen molar-refractivity contribution in [2.45, 2.75) is 56.9 Å². The number of benzene rings is 1. The number of carbonyl (C=O) groups excluding carboxylic acids is 1. The van der Waals surface area contributed by atoms with Gasteiger partial charge in [0.2, 0.25) is 10.0 Å². The normalized spacial score (nSPS) is 19.6. The van der Waals surface area contributed by atoms with Crippen molar-refractivity contribution in [1.82, 2.24) is 9.71 Å². The van der Waals surface area contributed by atoms with Crippen molar-refractivity contribution in [2.24, 2.45) is 5.92 Å². The highest BCUT2D eigenvalue weighted by molar-refractivity contribution is 7.89. The molecule has 1 amide bonds. The van der Waals surface area contributed by atoms with Crippen LogP contribution in [0.25, 0.3) is 0 Å². The molecule has 1 aromatic heterocycles. The first-order valence-electron chi connectivity index (χ1n) is 9.25. The molecule has 0 aliphatic heterocycles. The van der Waals surface area contributed by atoms with Gasteiger partial charge >= 0.3 is 0 Å². The van der Waals surface area contributed by atoms with Crippen LogP contribution in [0, 0.1) is 12.8 Å². The number of carbonyl (C=O) groups is 1. The molecule has 1 aromatic carbocycles. The Morgan fingerprint density at radius 2 is 2.04 bits per heavy atom. The minimum Gasteiger partial charge on any atom is -0.298 e. The lowest BCUT2D eigenvalue weighted by Gasteiger charge is -2.15. The number of amides is 1. The van der Waals surface area contributed by atoms with Crippen molar-refractivity contribution in [3.05, 3.63) is 39.9 Å². The van der Waals surface area contributed by atoms with Crippen molar-refractivity contribution in [1.29, 1.82) is 0 Å². The van der Waals surface area contributed by atoms with Gasteiger partial charge in [-0.2, -0.15) is 0 Å². The van der Waals surface area contributed by atoms with Crippen LogP contribution >= 0.6 is 11.3 Å². The first-order valence-corrected chi connectivity index (χ1v) is 11.5. The molecule has 1 atom stereocenters. The summed E-state index contributed by atoms with van der Waals surface area (Å²) < 4.78 is 27.5. The van der Waals surface area contributed by atoms with Gasteiger partial charge in [0.25, 0.3) is 5.91 Å². The maximum Gasteiger partial charge on any atom is 0.257 e. The van der Waals surface area contributed by atoms with Gasteiger partial charge in [0.15, 0.2) is 5.13 Å². The average Bonchev–Trinajstić information content (AvgIpc) is 3.31. The quantitative estimate of drug-likeness (QED) is 0.799. The fraction of sp³-hybridized carbons (Fsp3) is 0.474. The van der Waals surface area contributed by atoms with Gasteiger partial charge in [-0.3, -0.25) is 10.1 Å². The van der Waals surface area contributed by atoms with Gasteiger partial charge in [0.1, 0.15) is 0 Å². The number of hydrogen-bond acceptors (Lipinski definition) is 5. The van der Waals surface area contributed by atoms with Crippen molar-refractivity contribution in [3.63, 3.8) is 0 Å². The Bertz CT molecular complexity index is 994. The number of aryl methyl sites for hydroxylation is 2. The molecular weight excluding hydrogens is 382 g/mol. The zero-order chi connectivity index (χ0) is 19.2. The van der Waals surface area contributed by atoms with Crippen LogP contribution in [-0.2, 0) is 22.9 Å². The van der Waals surface area contributed by atoms with Crippen LogP contribution in [0.1, 0.15) is 52.7 Å².